The maximum absolute atomic E-state index is 12.9. The first-order valence-electron chi connectivity index (χ1n) is 10.3. The number of nitrogens with zero attached hydrogens (tertiary/aromatic N) is 3. The van der Waals surface area contributed by atoms with Gasteiger partial charge in [0.15, 0.2) is 0 Å². The number of hydrogen-bond donors (Lipinski definition) is 2. The molecule has 2 rings (SSSR count). The van der Waals surface area contributed by atoms with Gasteiger partial charge in [-0.25, -0.2) is 9.80 Å². The number of nitrogens with one attached hydrogen (secondary N) is 2. The average molecular weight is 425 g/mol. The number of amides is 5. The van der Waals surface area contributed by atoms with E-state index >= 15 is 0 Å². The lowest BCUT2D eigenvalue weighted by Crippen LogP contribution is -2.56. The van der Waals surface area contributed by atoms with Gasteiger partial charge >= 0.3 is 6.09 Å². The van der Waals surface area contributed by atoms with Crippen molar-refractivity contribution in [2.75, 3.05) is 26.7 Å². The van der Waals surface area contributed by atoms with E-state index < -0.39 is 30.1 Å². The van der Waals surface area contributed by atoms with Gasteiger partial charge in [0, 0.05) is 27.1 Å². The van der Waals surface area contributed by atoms with Crippen LogP contribution in [0, 0.1) is 0 Å². The monoisotopic (exact) mass is 425 g/mol. The Morgan fingerprint density at radius 3 is 2.17 bits per heavy atom. The predicted octanol–water partition coefficient (Wildman–Crippen LogP) is -0.387. The molecule has 0 spiro atoms. The minimum absolute atomic E-state index is 0.173. The first kappa shape index (κ1) is 23.4. The SMILES string of the molecule is CCOC(=O)N(C)NC(=O)[C@@H]1CCCN1C(=O)[C@H](C)NC(=O)[C@@H]1CCCN1C(C)=O. The normalized spacial score (nSPS) is 21.7. The van der Waals surface area contributed by atoms with Crippen LogP contribution < -0.4 is 10.7 Å². The molecule has 2 aliphatic heterocycles. The molecule has 2 N–H and O–H groups in total. The lowest BCUT2D eigenvalue weighted by molar-refractivity contribution is -0.143. The summed E-state index contributed by atoms with van der Waals surface area (Å²) in [7, 11) is 1.36. The van der Waals surface area contributed by atoms with E-state index in [-0.39, 0.29) is 24.3 Å². The molecule has 11 nitrogen and oxygen atoms in total. The third-order valence-corrected chi connectivity index (χ3v) is 5.35. The number of carbonyl (C=O) groups is 5. The molecular formula is C19H31N5O6. The number of hydrogen-bond acceptors (Lipinski definition) is 6. The molecule has 2 saturated heterocycles. The van der Waals surface area contributed by atoms with Gasteiger partial charge in [0.25, 0.3) is 5.91 Å². The van der Waals surface area contributed by atoms with Gasteiger partial charge in [-0.15, -0.1) is 0 Å². The Bertz CT molecular complexity index is 699. The van der Waals surface area contributed by atoms with Crippen molar-refractivity contribution in [3.63, 3.8) is 0 Å². The maximum Gasteiger partial charge on any atom is 0.428 e. The fraction of sp³-hybridized carbons (Fsp3) is 0.737. The quantitative estimate of drug-likeness (QED) is 0.578. The minimum Gasteiger partial charge on any atom is -0.449 e. The molecule has 0 saturated carbocycles. The smallest absolute Gasteiger partial charge is 0.428 e. The van der Waals surface area contributed by atoms with Crippen molar-refractivity contribution >= 4 is 29.7 Å². The van der Waals surface area contributed by atoms with Gasteiger partial charge in [-0.1, -0.05) is 0 Å². The van der Waals surface area contributed by atoms with Crippen LogP contribution in [-0.4, -0.2) is 89.4 Å². The van der Waals surface area contributed by atoms with E-state index in [4.69, 9.17) is 4.74 Å². The second-order valence-corrected chi connectivity index (χ2v) is 7.52. The number of likely N-dealkylation sites (tertiary alicyclic amines) is 2. The number of carbonyl (C=O) groups excluding carboxylic acids is 5. The number of ether oxygens (including phenoxy) is 1. The predicted molar refractivity (Wildman–Crippen MR) is 106 cm³/mol. The highest BCUT2D eigenvalue weighted by molar-refractivity contribution is 5.94. The fourth-order valence-corrected chi connectivity index (χ4v) is 3.85. The zero-order valence-corrected chi connectivity index (χ0v) is 18.0. The molecule has 0 aromatic rings. The van der Waals surface area contributed by atoms with E-state index in [0.29, 0.717) is 32.4 Å². The third kappa shape index (κ3) is 5.39. The van der Waals surface area contributed by atoms with Crippen LogP contribution in [0.25, 0.3) is 0 Å². The van der Waals surface area contributed by atoms with E-state index in [0.717, 1.165) is 11.4 Å². The summed E-state index contributed by atoms with van der Waals surface area (Å²) >= 11 is 0. The molecule has 11 heteroatoms. The van der Waals surface area contributed by atoms with Crippen LogP contribution in [0.2, 0.25) is 0 Å². The van der Waals surface area contributed by atoms with Crippen LogP contribution in [0.1, 0.15) is 46.5 Å². The van der Waals surface area contributed by atoms with E-state index in [1.165, 1.54) is 23.8 Å². The van der Waals surface area contributed by atoms with Crippen LogP contribution >= 0.6 is 0 Å². The van der Waals surface area contributed by atoms with Crippen molar-refractivity contribution in [2.45, 2.75) is 64.6 Å². The van der Waals surface area contributed by atoms with Crippen LogP contribution in [0.4, 0.5) is 4.79 Å². The first-order valence-corrected chi connectivity index (χ1v) is 10.3. The second kappa shape index (κ2) is 10.3. The Kier molecular flexibility index (Phi) is 8.01. The molecule has 5 amide bonds. The van der Waals surface area contributed by atoms with Crippen molar-refractivity contribution in [3.8, 4) is 0 Å². The molecule has 0 aromatic heterocycles. The van der Waals surface area contributed by atoms with E-state index in [9.17, 15) is 24.0 Å². The third-order valence-electron chi connectivity index (χ3n) is 5.35. The second-order valence-electron chi connectivity index (χ2n) is 7.52. The maximum atomic E-state index is 12.9. The lowest BCUT2D eigenvalue weighted by Gasteiger charge is -2.29. The summed E-state index contributed by atoms with van der Waals surface area (Å²) in [5.41, 5.74) is 2.43. The molecule has 0 unspecified atom stereocenters. The Balaban J connectivity index is 1.95. The van der Waals surface area contributed by atoms with Crippen molar-refractivity contribution in [1.82, 2.24) is 25.6 Å². The zero-order chi connectivity index (χ0) is 22.4. The van der Waals surface area contributed by atoms with Crippen LogP contribution in [0.3, 0.4) is 0 Å². The van der Waals surface area contributed by atoms with Gasteiger partial charge in [-0.05, 0) is 39.5 Å². The molecule has 168 valence electrons. The summed E-state index contributed by atoms with van der Waals surface area (Å²) in [5.74, 6) is -1.42. The molecule has 0 radical (unpaired) electrons. The van der Waals surface area contributed by atoms with E-state index in [1.54, 1.807) is 13.8 Å². The zero-order valence-electron chi connectivity index (χ0n) is 18.0. The molecule has 3 atom stereocenters. The van der Waals surface area contributed by atoms with E-state index in [2.05, 4.69) is 10.7 Å². The lowest BCUT2D eigenvalue weighted by atomic mass is 10.1. The van der Waals surface area contributed by atoms with Crippen molar-refractivity contribution < 1.29 is 28.7 Å². The summed E-state index contributed by atoms with van der Waals surface area (Å²) in [6.45, 7) is 5.71. The van der Waals surface area contributed by atoms with Crippen LogP contribution in [0.5, 0.6) is 0 Å². The molecule has 2 fully saturated rings. The topological polar surface area (TPSA) is 128 Å². The highest BCUT2D eigenvalue weighted by Crippen LogP contribution is 2.20. The van der Waals surface area contributed by atoms with Gasteiger partial charge in [0.1, 0.15) is 18.1 Å². The van der Waals surface area contributed by atoms with Crippen LogP contribution in [-0.2, 0) is 23.9 Å². The van der Waals surface area contributed by atoms with Gasteiger partial charge in [0.2, 0.25) is 17.7 Å². The summed E-state index contributed by atoms with van der Waals surface area (Å²) in [5, 5.41) is 3.62. The molecule has 30 heavy (non-hydrogen) atoms. The Labute approximate surface area is 176 Å². The number of hydrazine groups is 1. The standard InChI is InChI=1S/C19H31N5O6/c1-5-30-19(29)22(4)21-17(27)15-9-7-11-24(15)18(28)12(2)20-16(26)14-8-6-10-23(14)13(3)25/h12,14-15H,5-11H2,1-4H3,(H,20,26)(H,21,27)/t12-,14-,15-/m0/s1. The minimum atomic E-state index is -0.844. The van der Waals surface area contributed by atoms with Crippen molar-refractivity contribution in [1.29, 1.82) is 0 Å². The molecular weight excluding hydrogens is 394 g/mol. The average Bonchev–Trinajstić information content (AvgIpc) is 3.36. The van der Waals surface area contributed by atoms with Gasteiger partial charge in [0.05, 0.1) is 6.61 Å². The molecule has 2 aliphatic rings. The first-order chi connectivity index (χ1) is 14.2. The molecule has 0 aromatic carbocycles. The van der Waals surface area contributed by atoms with Crippen molar-refractivity contribution in [2.24, 2.45) is 0 Å². The summed E-state index contributed by atoms with van der Waals surface area (Å²) in [6.07, 6.45) is 1.68. The Morgan fingerprint density at radius 2 is 1.60 bits per heavy atom. The van der Waals surface area contributed by atoms with Crippen LogP contribution in [0.15, 0.2) is 0 Å². The Hall–Kier alpha value is -2.85. The Morgan fingerprint density at radius 1 is 1.03 bits per heavy atom. The van der Waals surface area contributed by atoms with E-state index in [1.807, 2.05) is 0 Å². The summed E-state index contributed by atoms with van der Waals surface area (Å²) in [4.78, 5) is 64.3. The van der Waals surface area contributed by atoms with Gasteiger partial charge in [-0.2, -0.15) is 0 Å². The summed E-state index contributed by atoms with van der Waals surface area (Å²) in [6, 6.07) is -2.16. The molecule has 2 heterocycles. The largest absolute Gasteiger partial charge is 0.449 e. The highest BCUT2D eigenvalue weighted by atomic mass is 16.6. The molecule has 0 bridgehead atoms. The van der Waals surface area contributed by atoms with Crippen molar-refractivity contribution in [3.05, 3.63) is 0 Å². The fourth-order valence-electron chi connectivity index (χ4n) is 3.85. The summed E-state index contributed by atoms with van der Waals surface area (Å²) < 4.78 is 4.81. The van der Waals surface area contributed by atoms with Gasteiger partial charge in [-0.3, -0.25) is 24.6 Å². The number of rotatable bonds is 5. The molecule has 0 aliphatic carbocycles. The van der Waals surface area contributed by atoms with Gasteiger partial charge < -0.3 is 19.9 Å². The highest BCUT2D eigenvalue weighted by Gasteiger charge is 2.39.